The fourth-order valence-electron chi connectivity index (χ4n) is 0.453. The van der Waals surface area contributed by atoms with Crippen LogP contribution in [0.5, 0.6) is 0 Å². The largest absolute Gasteiger partial charge is 0.477 e. The molecule has 1 aliphatic heterocycles. The van der Waals surface area contributed by atoms with Gasteiger partial charge in [-0.1, -0.05) is 0 Å². The second kappa shape index (κ2) is 1.89. The average Bonchev–Trinajstić information content (AvgIpc) is 2.14. The summed E-state index contributed by atoms with van der Waals surface area (Å²) in [6.45, 7) is 0. The Kier molecular flexibility index (Phi) is 1.22. The smallest absolute Gasteiger partial charge is 0.354 e. The first kappa shape index (κ1) is 5.81. The SMILES string of the molecule is O=C(O)C1=CC(F)=C[N]1. The van der Waals surface area contributed by atoms with Gasteiger partial charge in [0.25, 0.3) is 0 Å². The average molecular weight is 128 g/mol. The zero-order valence-corrected chi connectivity index (χ0v) is 4.34. The minimum atomic E-state index is -1.21. The van der Waals surface area contributed by atoms with Gasteiger partial charge in [-0.2, -0.15) is 0 Å². The molecule has 0 atom stereocenters. The number of carboxylic acid groups (broad SMARTS) is 1. The molecule has 0 unspecified atom stereocenters. The van der Waals surface area contributed by atoms with Crippen molar-refractivity contribution in [1.82, 2.24) is 5.32 Å². The summed E-state index contributed by atoms with van der Waals surface area (Å²) in [5, 5.41) is 11.4. The van der Waals surface area contributed by atoms with Crippen molar-refractivity contribution in [2.24, 2.45) is 0 Å². The number of nitrogens with zero attached hydrogens (tertiary/aromatic N) is 1. The van der Waals surface area contributed by atoms with Gasteiger partial charge in [-0.05, 0) is 0 Å². The van der Waals surface area contributed by atoms with Crippen LogP contribution in [0.4, 0.5) is 4.39 Å². The number of hydrogen-bond acceptors (Lipinski definition) is 1. The van der Waals surface area contributed by atoms with Gasteiger partial charge in [0.2, 0.25) is 0 Å². The first-order valence-electron chi connectivity index (χ1n) is 2.21. The molecule has 1 rings (SSSR count). The summed E-state index contributed by atoms with van der Waals surface area (Å²) >= 11 is 0. The van der Waals surface area contributed by atoms with E-state index >= 15 is 0 Å². The summed E-state index contributed by atoms with van der Waals surface area (Å²) in [7, 11) is 0. The molecule has 1 aliphatic rings. The van der Waals surface area contributed by atoms with Crippen LogP contribution in [0.3, 0.4) is 0 Å². The minimum Gasteiger partial charge on any atom is -0.477 e. The maximum absolute atomic E-state index is 12.0. The predicted molar refractivity (Wildman–Crippen MR) is 27.0 cm³/mol. The summed E-state index contributed by atoms with van der Waals surface area (Å²) in [6.07, 6.45) is 1.73. The summed E-state index contributed by atoms with van der Waals surface area (Å²) in [5.41, 5.74) is -0.257. The Bertz CT molecular complexity index is 207. The van der Waals surface area contributed by atoms with Crippen LogP contribution in [0.15, 0.2) is 23.8 Å². The standard InChI is InChI=1S/C5H3FNO2/c6-3-1-4(5(8)9)7-2-3/h1-2H,(H,8,9). The van der Waals surface area contributed by atoms with Crippen LogP contribution in [0.1, 0.15) is 0 Å². The van der Waals surface area contributed by atoms with E-state index in [1.807, 2.05) is 0 Å². The van der Waals surface area contributed by atoms with E-state index in [0.717, 1.165) is 12.3 Å². The molecule has 0 spiro atoms. The normalized spacial score (nSPS) is 16.1. The number of halogens is 1. The Balaban J connectivity index is 2.71. The quantitative estimate of drug-likeness (QED) is 0.555. The summed E-state index contributed by atoms with van der Waals surface area (Å²) < 4.78 is 12.0. The van der Waals surface area contributed by atoms with Crippen LogP contribution >= 0.6 is 0 Å². The van der Waals surface area contributed by atoms with E-state index in [2.05, 4.69) is 5.32 Å². The lowest BCUT2D eigenvalue weighted by Gasteiger charge is -1.87. The number of hydrogen-bond donors (Lipinski definition) is 1. The first-order valence-corrected chi connectivity index (χ1v) is 2.21. The highest BCUT2D eigenvalue weighted by Gasteiger charge is 2.13. The Morgan fingerprint density at radius 1 is 1.78 bits per heavy atom. The summed E-state index contributed by atoms with van der Waals surface area (Å²) in [5.74, 6) is -1.83. The van der Waals surface area contributed by atoms with Crippen molar-refractivity contribution in [3.63, 3.8) is 0 Å². The number of rotatable bonds is 1. The minimum absolute atomic E-state index is 0.257. The lowest BCUT2D eigenvalue weighted by Crippen LogP contribution is -2.04. The third kappa shape index (κ3) is 1.07. The molecule has 4 heteroatoms. The molecule has 9 heavy (non-hydrogen) atoms. The molecule has 0 fully saturated rings. The molecular formula is C5H3FNO2. The number of carboxylic acids is 1. The Hall–Kier alpha value is -1.32. The molecule has 0 bridgehead atoms. The molecule has 1 radical (unpaired) electrons. The van der Waals surface area contributed by atoms with E-state index in [9.17, 15) is 9.18 Å². The lowest BCUT2D eigenvalue weighted by atomic mass is 10.4. The third-order valence-corrected chi connectivity index (χ3v) is 0.821. The fraction of sp³-hybridized carbons (Fsp3) is 0. The van der Waals surface area contributed by atoms with Gasteiger partial charge in [-0.3, -0.25) is 0 Å². The molecule has 0 saturated heterocycles. The van der Waals surface area contributed by atoms with Crippen molar-refractivity contribution in [3.05, 3.63) is 23.8 Å². The van der Waals surface area contributed by atoms with Crippen molar-refractivity contribution in [2.45, 2.75) is 0 Å². The van der Waals surface area contributed by atoms with E-state index in [1.165, 1.54) is 0 Å². The highest BCUT2D eigenvalue weighted by Crippen LogP contribution is 2.09. The van der Waals surface area contributed by atoms with Crippen LogP contribution in [-0.4, -0.2) is 11.1 Å². The predicted octanol–water partition coefficient (Wildman–Crippen LogP) is 0.384. The van der Waals surface area contributed by atoms with Gasteiger partial charge in [0, 0.05) is 6.08 Å². The van der Waals surface area contributed by atoms with Gasteiger partial charge in [0.05, 0.1) is 6.20 Å². The van der Waals surface area contributed by atoms with Crippen molar-refractivity contribution in [2.75, 3.05) is 0 Å². The second-order valence-corrected chi connectivity index (χ2v) is 1.48. The van der Waals surface area contributed by atoms with Crippen LogP contribution in [0, 0.1) is 0 Å². The number of allylic oxidation sites excluding steroid dienone is 2. The van der Waals surface area contributed by atoms with Gasteiger partial charge < -0.3 is 5.11 Å². The van der Waals surface area contributed by atoms with Crippen molar-refractivity contribution in [1.29, 1.82) is 0 Å². The highest BCUT2D eigenvalue weighted by atomic mass is 19.1. The van der Waals surface area contributed by atoms with E-state index in [-0.39, 0.29) is 5.70 Å². The van der Waals surface area contributed by atoms with E-state index in [1.54, 1.807) is 0 Å². The van der Waals surface area contributed by atoms with Gasteiger partial charge in [-0.15, -0.1) is 0 Å². The van der Waals surface area contributed by atoms with Crippen molar-refractivity contribution < 1.29 is 14.3 Å². The van der Waals surface area contributed by atoms with E-state index < -0.39 is 11.8 Å². The van der Waals surface area contributed by atoms with Gasteiger partial charge in [-0.25, -0.2) is 14.5 Å². The third-order valence-electron chi connectivity index (χ3n) is 0.821. The molecular weight excluding hydrogens is 125 g/mol. The van der Waals surface area contributed by atoms with Crippen LogP contribution in [-0.2, 0) is 4.79 Å². The number of carbonyl (C=O) groups is 1. The molecule has 0 aromatic heterocycles. The van der Waals surface area contributed by atoms with Gasteiger partial charge in [0.15, 0.2) is 5.70 Å². The molecule has 0 aromatic rings. The van der Waals surface area contributed by atoms with Crippen LogP contribution in [0.25, 0.3) is 0 Å². The summed E-state index contributed by atoms with van der Waals surface area (Å²) in [4.78, 5) is 9.99. The molecule has 0 amide bonds. The number of aliphatic carboxylic acids is 1. The van der Waals surface area contributed by atoms with E-state index in [0.29, 0.717) is 0 Å². The zero-order valence-electron chi connectivity index (χ0n) is 4.34. The molecule has 0 aromatic carbocycles. The highest BCUT2D eigenvalue weighted by molar-refractivity contribution is 5.87. The Morgan fingerprint density at radius 3 is 2.67 bits per heavy atom. The second-order valence-electron chi connectivity index (χ2n) is 1.48. The van der Waals surface area contributed by atoms with Gasteiger partial charge >= 0.3 is 5.97 Å². The fourth-order valence-corrected chi connectivity index (χ4v) is 0.453. The topological polar surface area (TPSA) is 51.4 Å². The molecule has 1 N–H and O–H groups in total. The van der Waals surface area contributed by atoms with Gasteiger partial charge in [0.1, 0.15) is 5.83 Å². The molecule has 1 heterocycles. The van der Waals surface area contributed by atoms with E-state index in [4.69, 9.17) is 5.11 Å². The molecule has 0 aliphatic carbocycles. The maximum atomic E-state index is 12.0. The Labute approximate surface area is 50.5 Å². The molecule has 3 nitrogen and oxygen atoms in total. The Morgan fingerprint density at radius 2 is 2.44 bits per heavy atom. The monoisotopic (exact) mass is 128 g/mol. The van der Waals surface area contributed by atoms with Crippen LogP contribution < -0.4 is 5.32 Å². The van der Waals surface area contributed by atoms with Crippen molar-refractivity contribution >= 4 is 5.97 Å². The maximum Gasteiger partial charge on any atom is 0.354 e. The van der Waals surface area contributed by atoms with Crippen molar-refractivity contribution in [3.8, 4) is 0 Å². The molecule has 0 saturated carbocycles. The first-order chi connectivity index (χ1) is 4.20. The lowest BCUT2D eigenvalue weighted by molar-refractivity contribution is -0.132. The zero-order chi connectivity index (χ0) is 6.85. The summed E-state index contributed by atoms with van der Waals surface area (Å²) in [6, 6.07) is 0. The van der Waals surface area contributed by atoms with Crippen LogP contribution in [0.2, 0.25) is 0 Å². The molecule has 47 valence electrons.